The van der Waals surface area contributed by atoms with Gasteiger partial charge in [-0.3, -0.25) is 10.1 Å². The van der Waals surface area contributed by atoms with E-state index >= 15 is 0 Å². The predicted octanol–water partition coefficient (Wildman–Crippen LogP) is 2.71. The second-order valence-corrected chi connectivity index (χ2v) is 5.83. The summed E-state index contributed by atoms with van der Waals surface area (Å²) in [6, 6.07) is 5.39. The van der Waals surface area contributed by atoms with Crippen LogP contribution in [0.2, 0.25) is 0 Å². The number of non-ortho nitro benzene ring substituents is 1. The molecule has 5 nitrogen and oxygen atoms in total. The lowest BCUT2D eigenvalue weighted by Crippen LogP contribution is -2.39. The molecule has 1 aromatic carbocycles. The van der Waals surface area contributed by atoms with Crippen LogP contribution >= 0.6 is 22.6 Å². The molecule has 1 N–H and O–H groups in total. The smallest absolute Gasteiger partial charge is 0.270 e. The SMILES string of the molecule is CN1CCCC(Nc2ccc([N+](=O)[O-])cc2I)C1. The largest absolute Gasteiger partial charge is 0.380 e. The van der Waals surface area contributed by atoms with Gasteiger partial charge in [-0.15, -0.1) is 0 Å². The number of likely N-dealkylation sites (tertiary alicyclic amines) is 1. The third kappa shape index (κ3) is 3.32. The highest BCUT2D eigenvalue weighted by atomic mass is 127. The molecule has 1 unspecified atom stereocenters. The van der Waals surface area contributed by atoms with Crippen LogP contribution < -0.4 is 5.32 Å². The van der Waals surface area contributed by atoms with E-state index in [1.807, 2.05) is 0 Å². The van der Waals surface area contributed by atoms with Gasteiger partial charge in [0.2, 0.25) is 0 Å². The van der Waals surface area contributed by atoms with Crippen LogP contribution in [0.3, 0.4) is 0 Å². The number of nitrogens with one attached hydrogen (secondary N) is 1. The van der Waals surface area contributed by atoms with Crippen LogP contribution in [0.15, 0.2) is 18.2 Å². The van der Waals surface area contributed by atoms with Gasteiger partial charge < -0.3 is 10.2 Å². The zero-order chi connectivity index (χ0) is 13.1. The maximum absolute atomic E-state index is 10.7. The van der Waals surface area contributed by atoms with Crippen molar-refractivity contribution in [3.8, 4) is 0 Å². The number of hydrogen-bond donors (Lipinski definition) is 1. The van der Waals surface area contributed by atoms with Crippen molar-refractivity contribution >= 4 is 34.0 Å². The van der Waals surface area contributed by atoms with Gasteiger partial charge >= 0.3 is 0 Å². The topological polar surface area (TPSA) is 58.4 Å². The summed E-state index contributed by atoms with van der Waals surface area (Å²) >= 11 is 2.14. The van der Waals surface area contributed by atoms with Crippen LogP contribution in [0.1, 0.15) is 12.8 Å². The molecule has 1 aliphatic heterocycles. The molecule has 0 aliphatic carbocycles. The average molecular weight is 361 g/mol. The molecule has 98 valence electrons. The minimum absolute atomic E-state index is 0.144. The van der Waals surface area contributed by atoms with E-state index in [0.717, 1.165) is 28.8 Å². The minimum atomic E-state index is -0.361. The molecule has 2 rings (SSSR count). The van der Waals surface area contributed by atoms with Crippen LogP contribution in [0, 0.1) is 13.7 Å². The van der Waals surface area contributed by atoms with E-state index in [1.54, 1.807) is 18.2 Å². The molecule has 6 heteroatoms. The molecule has 1 aliphatic rings. The van der Waals surface area contributed by atoms with Gasteiger partial charge in [0, 0.05) is 34.0 Å². The number of nitrogens with zero attached hydrogens (tertiary/aromatic N) is 2. The Morgan fingerprint density at radius 3 is 2.94 bits per heavy atom. The van der Waals surface area contributed by atoms with Crippen LogP contribution in [0.4, 0.5) is 11.4 Å². The lowest BCUT2D eigenvalue weighted by atomic mass is 10.1. The van der Waals surface area contributed by atoms with Gasteiger partial charge in [0.25, 0.3) is 5.69 Å². The Morgan fingerprint density at radius 2 is 2.33 bits per heavy atom. The highest BCUT2D eigenvalue weighted by molar-refractivity contribution is 14.1. The van der Waals surface area contributed by atoms with Crippen molar-refractivity contribution < 1.29 is 4.92 Å². The Bertz CT molecular complexity index is 453. The van der Waals surface area contributed by atoms with Crippen molar-refractivity contribution in [3.05, 3.63) is 31.9 Å². The quantitative estimate of drug-likeness (QED) is 0.511. The molecule has 1 aromatic rings. The number of nitro benzene ring substituents is 1. The summed E-state index contributed by atoms with van der Waals surface area (Å²) in [6.45, 7) is 2.17. The van der Waals surface area contributed by atoms with E-state index in [2.05, 4.69) is 39.9 Å². The molecule has 0 bridgehead atoms. The molecule has 1 atom stereocenters. The average Bonchev–Trinajstić information content (AvgIpc) is 2.31. The van der Waals surface area contributed by atoms with Crippen molar-refractivity contribution in [2.24, 2.45) is 0 Å². The van der Waals surface area contributed by atoms with Crippen LogP contribution in [0.5, 0.6) is 0 Å². The van der Waals surface area contributed by atoms with E-state index in [-0.39, 0.29) is 10.6 Å². The summed E-state index contributed by atoms with van der Waals surface area (Å²) in [7, 11) is 2.12. The first-order valence-electron chi connectivity index (χ1n) is 5.95. The van der Waals surface area contributed by atoms with Crippen LogP contribution in [0.25, 0.3) is 0 Å². The molecule has 1 fully saturated rings. The number of halogens is 1. The van der Waals surface area contributed by atoms with Crippen LogP contribution in [-0.2, 0) is 0 Å². The van der Waals surface area contributed by atoms with Crippen molar-refractivity contribution in [2.75, 3.05) is 25.5 Å². The van der Waals surface area contributed by atoms with Gasteiger partial charge in [0.1, 0.15) is 0 Å². The fraction of sp³-hybridized carbons (Fsp3) is 0.500. The first kappa shape index (κ1) is 13.5. The Morgan fingerprint density at radius 1 is 1.56 bits per heavy atom. The van der Waals surface area contributed by atoms with E-state index in [0.29, 0.717) is 6.04 Å². The van der Waals surface area contributed by atoms with E-state index in [1.165, 1.54) is 6.42 Å². The summed E-state index contributed by atoms with van der Waals surface area (Å²) < 4.78 is 0.898. The Hall–Kier alpha value is -0.890. The number of anilines is 1. The number of benzene rings is 1. The molecule has 0 saturated carbocycles. The fourth-order valence-corrected chi connectivity index (χ4v) is 2.89. The van der Waals surface area contributed by atoms with Crippen molar-refractivity contribution in [2.45, 2.75) is 18.9 Å². The minimum Gasteiger partial charge on any atom is -0.380 e. The van der Waals surface area contributed by atoms with Crippen molar-refractivity contribution in [3.63, 3.8) is 0 Å². The summed E-state index contributed by atoms with van der Waals surface area (Å²) in [5, 5.41) is 14.1. The van der Waals surface area contributed by atoms with Gasteiger partial charge in [-0.2, -0.15) is 0 Å². The third-order valence-electron chi connectivity index (χ3n) is 3.15. The van der Waals surface area contributed by atoms with E-state index < -0.39 is 0 Å². The molecule has 1 saturated heterocycles. The van der Waals surface area contributed by atoms with Crippen molar-refractivity contribution in [1.82, 2.24) is 4.90 Å². The van der Waals surface area contributed by atoms with E-state index in [9.17, 15) is 10.1 Å². The van der Waals surface area contributed by atoms with E-state index in [4.69, 9.17) is 0 Å². The summed E-state index contributed by atoms with van der Waals surface area (Å²) in [4.78, 5) is 12.6. The molecule has 0 spiro atoms. The second kappa shape index (κ2) is 5.83. The third-order valence-corrected chi connectivity index (χ3v) is 4.04. The van der Waals surface area contributed by atoms with Gasteiger partial charge in [-0.25, -0.2) is 0 Å². The monoisotopic (exact) mass is 361 g/mol. The number of rotatable bonds is 3. The lowest BCUT2D eigenvalue weighted by Gasteiger charge is -2.31. The maximum atomic E-state index is 10.7. The molecular formula is C12H16IN3O2. The first-order valence-corrected chi connectivity index (χ1v) is 7.03. The normalized spacial score (nSPS) is 20.7. The van der Waals surface area contributed by atoms with Gasteiger partial charge in [-0.1, -0.05) is 0 Å². The zero-order valence-corrected chi connectivity index (χ0v) is 12.4. The van der Waals surface area contributed by atoms with Gasteiger partial charge in [0.05, 0.1) is 4.92 Å². The highest BCUT2D eigenvalue weighted by Crippen LogP contribution is 2.25. The molecule has 18 heavy (non-hydrogen) atoms. The summed E-state index contributed by atoms with van der Waals surface area (Å²) in [5.74, 6) is 0. The molecule has 0 amide bonds. The maximum Gasteiger partial charge on any atom is 0.270 e. The number of hydrogen-bond acceptors (Lipinski definition) is 4. The predicted molar refractivity (Wildman–Crippen MR) is 80.0 cm³/mol. The highest BCUT2D eigenvalue weighted by Gasteiger charge is 2.18. The first-order chi connectivity index (χ1) is 8.56. The molecular weight excluding hydrogens is 345 g/mol. The van der Waals surface area contributed by atoms with Crippen molar-refractivity contribution in [1.29, 1.82) is 0 Å². The molecule has 0 radical (unpaired) electrons. The fourth-order valence-electron chi connectivity index (χ4n) is 2.24. The number of piperidine rings is 1. The Balaban J connectivity index is 2.07. The summed E-state index contributed by atoms with van der Waals surface area (Å²) in [5.41, 5.74) is 1.13. The standard InChI is InChI=1S/C12H16IN3O2/c1-15-6-2-3-9(8-15)14-12-5-4-10(16(17)18)7-11(12)13/h4-5,7,9,14H,2-3,6,8H2,1H3. The van der Waals surface area contributed by atoms with Gasteiger partial charge in [-0.05, 0) is 55.1 Å². The second-order valence-electron chi connectivity index (χ2n) is 4.67. The Labute approximate surface area is 120 Å². The lowest BCUT2D eigenvalue weighted by molar-refractivity contribution is -0.384. The zero-order valence-electron chi connectivity index (χ0n) is 10.2. The summed E-state index contributed by atoms with van der Waals surface area (Å²) in [6.07, 6.45) is 2.34. The molecule has 1 heterocycles. The van der Waals surface area contributed by atoms with Crippen LogP contribution in [-0.4, -0.2) is 36.0 Å². The van der Waals surface area contributed by atoms with Gasteiger partial charge in [0.15, 0.2) is 0 Å². The Kier molecular flexibility index (Phi) is 4.39. The number of nitro groups is 1. The molecule has 0 aromatic heterocycles. The number of likely N-dealkylation sites (N-methyl/N-ethyl adjacent to an activating group) is 1.